The molecule has 0 saturated heterocycles. The van der Waals surface area contributed by atoms with E-state index < -0.39 is 0 Å². The lowest BCUT2D eigenvalue weighted by Crippen LogP contribution is -1.88. The summed E-state index contributed by atoms with van der Waals surface area (Å²) in [5.41, 5.74) is 1.39. The maximum absolute atomic E-state index is 8.63. The molecule has 0 amide bonds. The van der Waals surface area contributed by atoms with Crippen LogP contribution >= 0.6 is 0 Å². The Labute approximate surface area is 82.2 Å². The van der Waals surface area contributed by atoms with E-state index in [0.29, 0.717) is 12.5 Å². The van der Waals surface area contributed by atoms with E-state index in [0.717, 1.165) is 19.3 Å². The van der Waals surface area contributed by atoms with Crippen LogP contribution in [0, 0.1) is 5.92 Å². The highest BCUT2D eigenvalue weighted by Crippen LogP contribution is 2.10. The maximum Gasteiger partial charge on any atom is 0.0434 e. The first kappa shape index (κ1) is 12.4. The van der Waals surface area contributed by atoms with Crippen molar-refractivity contribution in [1.29, 1.82) is 0 Å². The SMILES string of the molecule is C=CC(C)CC/C=C(\C)CCCO. The van der Waals surface area contributed by atoms with Crippen LogP contribution in [0.2, 0.25) is 0 Å². The topological polar surface area (TPSA) is 20.2 Å². The molecule has 1 nitrogen and oxygen atoms in total. The van der Waals surface area contributed by atoms with Crippen LogP contribution < -0.4 is 0 Å². The lowest BCUT2D eigenvalue weighted by molar-refractivity contribution is 0.288. The van der Waals surface area contributed by atoms with Crippen LogP contribution in [0.15, 0.2) is 24.3 Å². The Morgan fingerprint density at radius 1 is 1.54 bits per heavy atom. The summed E-state index contributed by atoms with van der Waals surface area (Å²) in [4.78, 5) is 0. The zero-order chi connectivity index (χ0) is 10.1. The lowest BCUT2D eigenvalue weighted by Gasteiger charge is -2.03. The molecule has 0 heterocycles. The van der Waals surface area contributed by atoms with E-state index in [2.05, 4.69) is 26.5 Å². The summed E-state index contributed by atoms with van der Waals surface area (Å²) < 4.78 is 0. The first-order chi connectivity index (χ1) is 6.20. The van der Waals surface area contributed by atoms with E-state index in [9.17, 15) is 0 Å². The summed E-state index contributed by atoms with van der Waals surface area (Å²) in [6.45, 7) is 8.37. The van der Waals surface area contributed by atoms with Gasteiger partial charge in [-0.1, -0.05) is 24.6 Å². The van der Waals surface area contributed by atoms with E-state index >= 15 is 0 Å². The van der Waals surface area contributed by atoms with Gasteiger partial charge in [0.25, 0.3) is 0 Å². The highest BCUT2D eigenvalue weighted by molar-refractivity contribution is 4.98. The van der Waals surface area contributed by atoms with Crippen molar-refractivity contribution in [3.8, 4) is 0 Å². The standard InChI is InChI=1S/C12H22O/c1-4-11(2)7-5-8-12(3)9-6-10-13/h4,8,11,13H,1,5-7,9-10H2,2-3H3/b12-8+. The molecule has 0 rings (SSSR count). The van der Waals surface area contributed by atoms with Crippen molar-refractivity contribution in [2.24, 2.45) is 5.92 Å². The van der Waals surface area contributed by atoms with Gasteiger partial charge in [0.15, 0.2) is 0 Å². The van der Waals surface area contributed by atoms with Crippen LogP contribution in [0.4, 0.5) is 0 Å². The predicted molar refractivity (Wildman–Crippen MR) is 58.7 cm³/mol. The minimum Gasteiger partial charge on any atom is -0.396 e. The molecule has 0 fully saturated rings. The van der Waals surface area contributed by atoms with Gasteiger partial charge in [0.2, 0.25) is 0 Å². The van der Waals surface area contributed by atoms with Crippen LogP contribution in [0.25, 0.3) is 0 Å². The van der Waals surface area contributed by atoms with E-state index in [-0.39, 0.29) is 0 Å². The van der Waals surface area contributed by atoms with Crippen molar-refractivity contribution < 1.29 is 5.11 Å². The Morgan fingerprint density at radius 2 is 2.23 bits per heavy atom. The average Bonchev–Trinajstić information content (AvgIpc) is 2.14. The molecule has 1 unspecified atom stereocenters. The monoisotopic (exact) mass is 182 g/mol. The van der Waals surface area contributed by atoms with Crippen LogP contribution in [-0.4, -0.2) is 11.7 Å². The molecular weight excluding hydrogens is 160 g/mol. The largest absolute Gasteiger partial charge is 0.396 e. The number of hydrogen-bond donors (Lipinski definition) is 1. The van der Waals surface area contributed by atoms with Crippen molar-refractivity contribution in [1.82, 2.24) is 0 Å². The minimum absolute atomic E-state index is 0.300. The van der Waals surface area contributed by atoms with Gasteiger partial charge in [-0.15, -0.1) is 6.58 Å². The summed E-state index contributed by atoms with van der Waals surface area (Å²) in [6, 6.07) is 0. The molecule has 0 spiro atoms. The summed E-state index contributed by atoms with van der Waals surface area (Å²) in [5.74, 6) is 0.613. The predicted octanol–water partition coefficient (Wildman–Crippen LogP) is 3.31. The Balaban J connectivity index is 3.52. The molecule has 13 heavy (non-hydrogen) atoms. The number of rotatable bonds is 7. The summed E-state index contributed by atoms with van der Waals surface area (Å²) >= 11 is 0. The molecule has 0 aromatic heterocycles. The molecule has 0 aromatic rings. The molecule has 0 bridgehead atoms. The smallest absolute Gasteiger partial charge is 0.0434 e. The fourth-order valence-corrected chi connectivity index (χ4v) is 1.17. The number of aliphatic hydroxyl groups is 1. The van der Waals surface area contributed by atoms with Gasteiger partial charge in [-0.25, -0.2) is 0 Å². The molecule has 0 aliphatic heterocycles. The van der Waals surface area contributed by atoms with Gasteiger partial charge >= 0.3 is 0 Å². The molecule has 0 aliphatic carbocycles. The average molecular weight is 182 g/mol. The van der Waals surface area contributed by atoms with Crippen molar-refractivity contribution >= 4 is 0 Å². The Kier molecular flexibility index (Phi) is 7.71. The van der Waals surface area contributed by atoms with Gasteiger partial charge in [-0.2, -0.15) is 0 Å². The van der Waals surface area contributed by atoms with E-state index in [1.54, 1.807) is 0 Å². The van der Waals surface area contributed by atoms with Crippen molar-refractivity contribution in [3.05, 3.63) is 24.3 Å². The number of allylic oxidation sites excluding steroid dienone is 3. The van der Waals surface area contributed by atoms with Crippen molar-refractivity contribution in [2.75, 3.05) is 6.61 Å². The highest BCUT2D eigenvalue weighted by Gasteiger charge is 1.94. The zero-order valence-corrected chi connectivity index (χ0v) is 8.92. The molecular formula is C12H22O. The Morgan fingerprint density at radius 3 is 2.77 bits per heavy atom. The Bertz CT molecular complexity index is 159. The summed E-state index contributed by atoms with van der Waals surface area (Å²) in [5, 5.41) is 8.63. The second-order valence-electron chi connectivity index (χ2n) is 3.67. The van der Waals surface area contributed by atoms with Gasteiger partial charge in [-0.05, 0) is 38.5 Å². The summed E-state index contributed by atoms with van der Waals surface area (Å²) in [7, 11) is 0. The van der Waals surface area contributed by atoms with Gasteiger partial charge in [-0.3, -0.25) is 0 Å². The van der Waals surface area contributed by atoms with Crippen LogP contribution in [0.3, 0.4) is 0 Å². The zero-order valence-electron chi connectivity index (χ0n) is 8.92. The van der Waals surface area contributed by atoms with E-state index in [1.807, 2.05) is 6.08 Å². The molecule has 0 saturated carbocycles. The molecule has 1 heteroatoms. The second-order valence-corrected chi connectivity index (χ2v) is 3.67. The first-order valence-electron chi connectivity index (χ1n) is 5.09. The van der Waals surface area contributed by atoms with Gasteiger partial charge in [0.1, 0.15) is 0 Å². The van der Waals surface area contributed by atoms with Crippen LogP contribution in [0.5, 0.6) is 0 Å². The number of hydrogen-bond acceptors (Lipinski definition) is 1. The van der Waals surface area contributed by atoms with Crippen LogP contribution in [0.1, 0.15) is 39.5 Å². The molecule has 1 N–H and O–H groups in total. The van der Waals surface area contributed by atoms with E-state index in [4.69, 9.17) is 5.11 Å². The van der Waals surface area contributed by atoms with Crippen LogP contribution in [-0.2, 0) is 0 Å². The number of aliphatic hydroxyl groups excluding tert-OH is 1. The third kappa shape index (κ3) is 7.79. The molecule has 76 valence electrons. The molecule has 0 aromatic carbocycles. The fourth-order valence-electron chi connectivity index (χ4n) is 1.17. The maximum atomic E-state index is 8.63. The van der Waals surface area contributed by atoms with Gasteiger partial charge < -0.3 is 5.11 Å². The van der Waals surface area contributed by atoms with Gasteiger partial charge in [0.05, 0.1) is 0 Å². The summed E-state index contributed by atoms with van der Waals surface area (Å²) in [6.07, 6.45) is 8.50. The molecule has 1 atom stereocenters. The molecule has 0 radical (unpaired) electrons. The second kappa shape index (κ2) is 8.06. The van der Waals surface area contributed by atoms with Crippen molar-refractivity contribution in [2.45, 2.75) is 39.5 Å². The molecule has 0 aliphatic rings. The lowest BCUT2D eigenvalue weighted by atomic mass is 10.0. The quantitative estimate of drug-likeness (QED) is 0.599. The van der Waals surface area contributed by atoms with Gasteiger partial charge in [0, 0.05) is 6.61 Å². The normalized spacial score (nSPS) is 14.2. The third-order valence-corrected chi connectivity index (χ3v) is 2.25. The van der Waals surface area contributed by atoms with Crippen molar-refractivity contribution in [3.63, 3.8) is 0 Å². The minimum atomic E-state index is 0.300. The third-order valence-electron chi connectivity index (χ3n) is 2.25. The Hall–Kier alpha value is -0.560. The first-order valence-corrected chi connectivity index (χ1v) is 5.09. The fraction of sp³-hybridized carbons (Fsp3) is 0.667. The van der Waals surface area contributed by atoms with E-state index in [1.165, 1.54) is 12.0 Å². The highest BCUT2D eigenvalue weighted by atomic mass is 16.2.